The first-order valence-corrected chi connectivity index (χ1v) is 7.96. The summed E-state index contributed by atoms with van der Waals surface area (Å²) in [6, 6.07) is 10.1. The maximum absolute atomic E-state index is 5.72. The van der Waals surface area contributed by atoms with Crippen molar-refractivity contribution in [2.75, 3.05) is 38.3 Å². The highest BCUT2D eigenvalue weighted by Crippen LogP contribution is 2.25. The summed E-state index contributed by atoms with van der Waals surface area (Å²) in [6.07, 6.45) is 3.44. The first-order valence-electron chi connectivity index (χ1n) is 7.96. The number of hydrogen-bond acceptors (Lipinski definition) is 6. The molecule has 4 rings (SSSR count). The van der Waals surface area contributed by atoms with Crippen LogP contribution in [-0.4, -0.2) is 59.0 Å². The van der Waals surface area contributed by atoms with Crippen LogP contribution in [0.1, 0.15) is 0 Å². The number of imidazole rings is 1. The normalized spacial score (nSPS) is 18.2. The number of fused-ring (bicyclic) bond motifs is 1. The van der Waals surface area contributed by atoms with Crippen LogP contribution in [0.15, 0.2) is 43.0 Å². The van der Waals surface area contributed by atoms with Gasteiger partial charge in [0.2, 0.25) is 0 Å². The minimum atomic E-state index is 0.0463. The largest absolute Gasteiger partial charge is 0.382 e. The zero-order valence-corrected chi connectivity index (χ0v) is 13.5. The van der Waals surface area contributed by atoms with Gasteiger partial charge in [0.1, 0.15) is 12.7 Å². The molecule has 0 unspecified atom stereocenters. The van der Waals surface area contributed by atoms with Crippen molar-refractivity contribution in [1.82, 2.24) is 19.5 Å². The SMILES string of the molecule is COC[C@H]1CN(c2ncnc3c2ncn3-c2ccccc2)CCO1. The number of anilines is 1. The van der Waals surface area contributed by atoms with Gasteiger partial charge in [-0.25, -0.2) is 15.0 Å². The summed E-state index contributed by atoms with van der Waals surface area (Å²) in [4.78, 5) is 15.7. The first kappa shape index (κ1) is 15.0. The van der Waals surface area contributed by atoms with E-state index in [1.165, 1.54) is 0 Å². The molecule has 0 amide bonds. The third-order valence-corrected chi connectivity index (χ3v) is 4.14. The van der Waals surface area contributed by atoms with Gasteiger partial charge in [-0.3, -0.25) is 4.57 Å². The summed E-state index contributed by atoms with van der Waals surface area (Å²) in [5.74, 6) is 0.846. The second-order valence-corrected chi connectivity index (χ2v) is 5.71. The van der Waals surface area contributed by atoms with E-state index in [9.17, 15) is 0 Å². The number of hydrogen-bond donors (Lipinski definition) is 0. The molecule has 0 bridgehead atoms. The van der Waals surface area contributed by atoms with E-state index in [1.54, 1.807) is 19.8 Å². The highest BCUT2D eigenvalue weighted by Gasteiger charge is 2.24. The number of rotatable bonds is 4. The molecular weight excluding hydrogens is 306 g/mol. The lowest BCUT2D eigenvalue weighted by molar-refractivity contribution is -0.0101. The molecule has 1 fully saturated rings. The van der Waals surface area contributed by atoms with Crippen LogP contribution in [0, 0.1) is 0 Å². The Morgan fingerprint density at radius 1 is 1.21 bits per heavy atom. The van der Waals surface area contributed by atoms with Gasteiger partial charge in [0.05, 0.1) is 19.3 Å². The summed E-state index contributed by atoms with van der Waals surface area (Å²) in [5.41, 5.74) is 2.64. The molecule has 0 saturated carbocycles. The molecule has 1 aromatic carbocycles. The number of methoxy groups -OCH3 is 1. The summed E-state index contributed by atoms with van der Waals surface area (Å²) in [6.45, 7) is 2.74. The predicted octanol–water partition coefficient (Wildman–Crippen LogP) is 1.67. The van der Waals surface area contributed by atoms with Gasteiger partial charge in [0.25, 0.3) is 0 Å². The van der Waals surface area contributed by atoms with Crippen LogP contribution >= 0.6 is 0 Å². The van der Waals surface area contributed by atoms with E-state index in [0.29, 0.717) is 13.2 Å². The highest BCUT2D eigenvalue weighted by atomic mass is 16.5. The Labute approximate surface area is 139 Å². The number of ether oxygens (including phenoxy) is 2. The molecule has 0 N–H and O–H groups in total. The lowest BCUT2D eigenvalue weighted by Crippen LogP contribution is -2.44. The van der Waals surface area contributed by atoms with Crippen molar-refractivity contribution in [2.45, 2.75) is 6.10 Å². The Morgan fingerprint density at radius 2 is 2.08 bits per heavy atom. The molecule has 0 radical (unpaired) electrons. The van der Waals surface area contributed by atoms with Crippen LogP contribution in [0.25, 0.3) is 16.9 Å². The minimum absolute atomic E-state index is 0.0463. The van der Waals surface area contributed by atoms with Crippen molar-refractivity contribution in [2.24, 2.45) is 0 Å². The van der Waals surface area contributed by atoms with Gasteiger partial charge in [-0.05, 0) is 12.1 Å². The third kappa shape index (κ3) is 2.72. The fourth-order valence-corrected chi connectivity index (χ4v) is 3.03. The second kappa shape index (κ2) is 6.54. The Morgan fingerprint density at radius 3 is 2.92 bits per heavy atom. The van der Waals surface area contributed by atoms with Gasteiger partial charge < -0.3 is 14.4 Å². The van der Waals surface area contributed by atoms with Crippen LogP contribution < -0.4 is 4.90 Å². The molecule has 3 aromatic rings. The van der Waals surface area contributed by atoms with Crippen molar-refractivity contribution in [3.05, 3.63) is 43.0 Å². The number of morpholine rings is 1. The van der Waals surface area contributed by atoms with E-state index in [2.05, 4.69) is 19.9 Å². The van der Waals surface area contributed by atoms with Crippen molar-refractivity contribution in [3.8, 4) is 5.69 Å². The standard InChI is InChI=1S/C17H19N5O2/c1-23-10-14-9-21(7-8-24-14)16-15-17(19-11-18-16)22(12-20-15)13-5-3-2-4-6-13/h2-6,11-12,14H,7-10H2,1H3/t14-/m1/s1. The smallest absolute Gasteiger partial charge is 0.170 e. The van der Waals surface area contributed by atoms with Gasteiger partial charge >= 0.3 is 0 Å². The molecule has 1 aliphatic heterocycles. The fraction of sp³-hybridized carbons (Fsp3) is 0.353. The van der Waals surface area contributed by atoms with E-state index in [-0.39, 0.29) is 6.10 Å². The van der Waals surface area contributed by atoms with Crippen molar-refractivity contribution in [1.29, 1.82) is 0 Å². The molecule has 2 aromatic heterocycles. The average molecular weight is 325 g/mol. The number of para-hydroxylation sites is 1. The lowest BCUT2D eigenvalue weighted by atomic mass is 10.2. The third-order valence-electron chi connectivity index (χ3n) is 4.14. The summed E-state index contributed by atoms with van der Waals surface area (Å²) >= 11 is 0. The topological polar surface area (TPSA) is 65.3 Å². The quantitative estimate of drug-likeness (QED) is 0.727. The van der Waals surface area contributed by atoms with E-state index in [1.807, 2.05) is 34.9 Å². The Kier molecular flexibility index (Phi) is 4.10. The Bertz CT molecular complexity index is 818. The predicted molar refractivity (Wildman–Crippen MR) is 90.5 cm³/mol. The lowest BCUT2D eigenvalue weighted by Gasteiger charge is -2.33. The second-order valence-electron chi connectivity index (χ2n) is 5.71. The molecule has 1 aliphatic rings. The Hall–Kier alpha value is -2.51. The van der Waals surface area contributed by atoms with E-state index < -0.39 is 0 Å². The zero-order chi connectivity index (χ0) is 16.4. The van der Waals surface area contributed by atoms with Crippen molar-refractivity contribution >= 4 is 17.0 Å². The molecule has 7 nitrogen and oxygen atoms in total. The van der Waals surface area contributed by atoms with E-state index in [4.69, 9.17) is 9.47 Å². The molecule has 7 heteroatoms. The summed E-state index contributed by atoms with van der Waals surface area (Å²) in [7, 11) is 1.69. The molecule has 1 saturated heterocycles. The van der Waals surface area contributed by atoms with Gasteiger partial charge in [-0.15, -0.1) is 0 Å². The first-order chi connectivity index (χ1) is 11.9. The van der Waals surface area contributed by atoms with Crippen LogP contribution in [0.4, 0.5) is 5.82 Å². The van der Waals surface area contributed by atoms with Gasteiger partial charge in [0, 0.05) is 25.9 Å². The molecule has 0 spiro atoms. The molecule has 0 aliphatic carbocycles. The number of nitrogens with zero attached hydrogens (tertiary/aromatic N) is 5. The molecular formula is C17H19N5O2. The van der Waals surface area contributed by atoms with E-state index in [0.717, 1.165) is 35.8 Å². The average Bonchev–Trinajstić information content (AvgIpc) is 3.07. The molecule has 1 atom stereocenters. The van der Waals surface area contributed by atoms with E-state index >= 15 is 0 Å². The van der Waals surface area contributed by atoms with Crippen molar-refractivity contribution in [3.63, 3.8) is 0 Å². The summed E-state index contributed by atoms with van der Waals surface area (Å²) in [5, 5.41) is 0. The van der Waals surface area contributed by atoms with Crippen LogP contribution in [-0.2, 0) is 9.47 Å². The number of benzene rings is 1. The van der Waals surface area contributed by atoms with Gasteiger partial charge in [-0.1, -0.05) is 18.2 Å². The summed E-state index contributed by atoms with van der Waals surface area (Å²) < 4.78 is 12.9. The van der Waals surface area contributed by atoms with Crippen LogP contribution in [0.3, 0.4) is 0 Å². The molecule has 3 heterocycles. The van der Waals surface area contributed by atoms with Crippen LogP contribution in [0.5, 0.6) is 0 Å². The maximum atomic E-state index is 5.72. The minimum Gasteiger partial charge on any atom is -0.382 e. The van der Waals surface area contributed by atoms with Gasteiger partial charge in [0.15, 0.2) is 17.0 Å². The van der Waals surface area contributed by atoms with Crippen molar-refractivity contribution < 1.29 is 9.47 Å². The number of aromatic nitrogens is 4. The van der Waals surface area contributed by atoms with Gasteiger partial charge in [-0.2, -0.15) is 0 Å². The Balaban J connectivity index is 1.71. The highest BCUT2D eigenvalue weighted by molar-refractivity contribution is 5.84. The molecule has 124 valence electrons. The van der Waals surface area contributed by atoms with Crippen LogP contribution in [0.2, 0.25) is 0 Å². The zero-order valence-electron chi connectivity index (χ0n) is 13.5. The maximum Gasteiger partial charge on any atom is 0.170 e. The monoisotopic (exact) mass is 325 g/mol. The molecule has 24 heavy (non-hydrogen) atoms. The fourth-order valence-electron chi connectivity index (χ4n) is 3.03.